The van der Waals surface area contributed by atoms with E-state index in [2.05, 4.69) is 0 Å². The van der Waals surface area contributed by atoms with Crippen molar-refractivity contribution < 1.29 is 36.3 Å². The quantitative estimate of drug-likeness (QED) is 0.462. The maximum Gasteiger partial charge on any atom is 0.304 e. The monoisotopic (exact) mass is 438 g/mol. The van der Waals surface area contributed by atoms with E-state index < -0.39 is 49.4 Å². The van der Waals surface area contributed by atoms with Gasteiger partial charge in [-0.15, -0.1) is 0 Å². The Hall–Kier alpha value is -2.85. The Balaban J connectivity index is 2.20. The fourth-order valence-corrected chi connectivity index (χ4v) is 4.51. The van der Waals surface area contributed by atoms with E-state index >= 15 is 0 Å². The van der Waals surface area contributed by atoms with Gasteiger partial charge in [0.2, 0.25) is 11.6 Å². The molecule has 0 aliphatic rings. The standard InChI is InChI=1S/C19H18O8S2/c1-2-28(24,25)15-7-3-13(4-8-15)18(22)19(23)14-5-9-16(10-6-14)29(26,27)12-11-17(20)21/h3-10H,2,11-12H2,1H3,(H,20,21). The van der Waals surface area contributed by atoms with Crippen molar-refractivity contribution in [3.8, 4) is 0 Å². The van der Waals surface area contributed by atoms with Crippen molar-refractivity contribution >= 4 is 37.2 Å². The lowest BCUT2D eigenvalue weighted by molar-refractivity contribution is -0.136. The number of hydrogen-bond donors (Lipinski definition) is 1. The fraction of sp³-hybridized carbons (Fsp3) is 0.211. The molecule has 0 saturated heterocycles. The van der Waals surface area contributed by atoms with E-state index in [-0.39, 0.29) is 26.7 Å². The van der Waals surface area contributed by atoms with Gasteiger partial charge in [0.15, 0.2) is 19.7 Å². The lowest BCUT2D eigenvalue weighted by Crippen LogP contribution is -2.15. The van der Waals surface area contributed by atoms with E-state index in [1.165, 1.54) is 43.3 Å². The summed E-state index contributed by atoms with van der Waals surface area (Å²) in [6.07, 6.45) is -0.550. The Bertz CT molecular complexity index is 1140. The SMILES string of the molecule is CCS(=O)(=O)c1ccc(C(=O)C(=O)c2ccc(S(=O)(=O)CCC(=O)O)cc2)cc1. The highest BCUT2D eigenvalue weighted by atomic mass is 32.2. The first-order chi connectivity index (χ1) is 13.5. The van der Waals surface area contributed by atoms with Crippen LogP contribution in [0.1, 0.15) is 34.1 Å². The van der Waals surface area contributed by atoms with Crippen LogP contribution in [-0.4, -0.2) is 51.0 Å². The molecule has 10 heteroatoms. The zero-order chi connectivity index (χ0) is 21.8. The highest BCUT2D eigenvalue weighted by Gasteiger charge is 2.21. The van der Waals surface area contributed by atoms with Gasteiger partial charge in [-0.25, -0.2) is 16.8 Å². The number of hydrogen-bond acceptors (Lipinski definition) is 7. The lowest BCUT2D eigenvalue weighted by atomic mass is 10.0. The molecule has 8 nitrogen and oxygen atoms in total. The minimum atomic E-state index is -3.83. The van der Waals surface area contributed by atoms with Gasteiger partial charge in [-0.1, -0.05) is 6.92 Å². The zero-order valence-electron chi connectivity index (χ0n) is 15.4. The molecule has 2 aromatic rings. The molecule has 0 amide bonds. The van der Waals surface area contributed by atoms with Crippen LogP contribution < -0.4 is 0 Å². The average molecular weight is 438 g/mol. The highest BCUT2D eigenvalue weighted by Crippen LogP contribution is 2.17. The Morgan fingerprint density at radius 3 is 1.45 bits per heavy atom. The van der Waals surface area contributed by atoms with Crippen molar-refractivity contribution in [3.63, 3.8) is 0 Å². The van der Waals surface area contributed by atoms with E-state index in [1.807, 2.05) is 0 Å². The third-order valence-corrected chi connectivity index (χ3v) is 7.60. The van der Waals surface area contributed by atoms with Crippen molar-refractivity contribution in [2.45, 2.75) is 23.1 Å². The molecule has 0 unspecified atom stereocenters. The number of sulfone groups is 2. The van der Waals surface area contributed by atoms with Crippen molar-refractivity contribution in [1.29, 1.82) is 0 Å². The molecule has 0 fully saturated rings. The number of benzene rings is 2. The fourth-order valence-electron chi connectivity index (χ4n) is 2.40. The number of ketones is 2. The normalized spacial score (nSPS) is 11.8. The molecule has 0 aliphatic carbocycles. The van der Waals surface area contributed by atoms with Crippen LogP contribution in [0.5, 0.6) is 0 Å². The molecule has 2 aromatic carbocycles. The molecule has 1 N–H and O–H groups in total. The first-order valence-electron chi connectivity index (χ1n) is 8.44. The van der Waals surface area contributed by atoms with Crippen LogP contribution in [0.2, 0.25) is 0 Å². The topological polar surface area (TPSA) is 140 Å². The molecule has 0 aliphatic heterocycles. The molecule has 29 heavy (non-hydrogen) atoms. The number of aliphatic carboxylic acids is 1. The smallest absolute Gasteiger partial charge is 0.304 e. The Morgan fingerprint density at radius 2 is 1.10 bits per heavy atom. The predicted octanol–water partition coefficient (Wildman–Crippen LogP) is 1.79. The number of carbonyl (C=O) groups excluding carboxylic acids is 2. The molecule has 154 valence electrons. The second kappa shape index (κ2) is 8.66. The van der Waals surface area contributed by atoms with Crippen molar-refractivity contribution in [2.24, 2.45) is 0 Å². The minimum Gasteiger partial charge on any atom is -0.481 e. The van der Waals surface area contributed by atoms with Crippen LogP contribution in [0.3, 0.4) is 0 Å². The van der Waals surface area contributed by atoms with Gasteiger partial charge in [-0.05, 0) is 48.5 Å². The Labute approximate surface area is 168 Å². The second-order valence-electron chi connectivity index (χ2n) is 6.07. The van der Waals surface area contributed by atoms with Crippen LogP contribution in [0, 0.1) is 0 Å². The number of carbonyl (C=O) groups is 3. The molecule has 0 heterocycles. The van der Waals surface area contributed by atoms with Gasteiger partial charge in [-0.3, -0.25) is 14.4 Å². The molecule has 0 bridgehead atoms. The van der Waals surface area contributed by atoms with Gasteiger partial charge >= 0.3 is 5.97 Å². The van der Waals surface area contributed by atoms with E-state index in [1.54, 1.807) is 0 Å². The summed E-state index contributed by atoms with van der Waals surface area (Å²) in [6.45, 7) is 1.49. The third-order valence-electron chi connectivity index (χ3n) is 4.12. The molecule has 0 radical (unpaired) electrons. The van der Waals surface area contributed by atoms with Gasteiger partial charge in [0.25, 0.3) is 0 Å². The third kappa shape index (κ3) is 5.36. The van der Waals surface area contributed by atoms with Crippen molar-refractivity contribution in [3.05, 3.63) is 59.7 Å². The van der Waals surface area contributed by atoms with Crippen molar-refractivity contribution in [2.75, 3.05) is 11.5 Å². The number of Topliss-reactive ketones (excluding diaryl/α,β-unsaturated/α-hetero) is 2. The van der Waals surface area contributed by atoms with E-state index in [0.29, 0.717) is 0 Å². The van der Waals surface area contributed by atoms with E-state index in [4.69, 9.17) is 5.11 Å². The molecule has 0 saturated carbocycles. The summed E-state index contributed by atoms with van der Waals surface area (Å²) < 4.78 is 47.7. The van der Waals surface area contributed by atoms with Gasteiger partial charge in [0, 0.05) is 11.1 Å². The highest BCUT2D eigenvalue weighted by molar-refractivity contribution is 7.91. The van der Waals surface area contributed by atoms with Gasteiger partial charge in [0.05, 0.1) is 27.7 Å². The predicted molar refractivity (Wildman–Crippen MR) is 104 cm³/mol. The summed E-state index contributed by atoms with van der Waals surface area (Å²) in [6, 6.07) is 9.59. The molecule has 0 aromatic heterocycles. The molecular formula is C19H18O8S2. The summed E-state index contributed by atoms with van der Waals surface area (Å²) in [4.78, 5) is 35.1. The molecule has 0 spiro atoms. The van der Waals surface area contributed by atoms with Crippen LogP contribution >= 0.6 is 0 Å². The van der Waals surface area contributed by atoms with Crippen LogP contribution in [-0.2, 0) is 24.5 Å². The molecule has 0 atom stereocenters. The minimum absolute atomic E-state index is 0.00297. The van der Waals surface area contributed by atoms with Crippen molar-refractivity contribution in [1.82, 2.24) is 0 Å². The summed E-state index contributed by atoms with van der Waals surface area (Å²) in [5.41, 5.74) is -0.0411. The molecule has 2 rings (SSSR count). The molecular weight excluding hydrogens is 420 g/mol. The lowest BCUT2D eigenvalue weighted by Gasteiger charge is -2.06. The summed E-state index contributed by atoms with van der Waals surface area (Å²) in [5.74, 6) is -3.68. The summed E-state index contributed by atoms with van der Waals surface area (Å²) in [5, 5.41) is 8.61. The van der Waals surface area contributed by atoms with Gasteiger partial charge < -0.3 is 5.11 Å². The van der Waals surface area contributed by atoms with Gasteiger partial charge in [-0.2, -0.15) is 0 Å². The first-order valence-corrected chi connectivity index (χ1v) is 11.7. The van der Waals surface area contributed by atoms with Crippen LogP contribution in [0.15, 0.2) is 58.3 Å². The van der Waals surface area contributed by atoms with E-state index in [9.17, 15) is 31.2 Å². The maximum absolute atomic E-state index is 12.4. The zero-order valence-corrected chi connectivity index (χ0v) is 17.0. The average Bonchev–Trinajstić information content (AvgIpc) is 2.71. The number of rotatable bonds is 9. The van der Waals surface area contributed by atoms with Gasteiger partial charge in [0.1, 0.15) is 0 Å². The first kappa shape index (κ1) is 22.4. The largest absolute Gasteiger partial charge is 0.481 e. The van der Waals surface area contributed by atoms with Crippen LogP contribution in [0.4, 0.5) is 0 Å². The number of carboxylic acid groups (broad SMARTS) is 1. The Kier molecular flexibility index (Phi) is 6.70. The number of carboxylic acids is 1. The second-order valence-corrected chi connectivity index (χ2v) is 10.5. The Morgan fingerprint density at radius 1 is 0.724 bits per heavy atom. The summed E-state index contributed by atoms with van der Waals surface area (Å²) >= 11 is 0. The summed E-state index contributed by atoms with van der Waals surface area (Å²) in [7, 11) is -7.26. The van der Waals surface area contributed by atoms with Crippen LogP contribution in [0.25, 0.3) is 0 Å². The maximum atomic E-state index is 12.4. The van der Waals surface area contributed by atoms with E-state index in [0.717, 1.165) is 12.1 Å².